The van der Waals surface area contributed by atoms with E-state index in [-0.39, 0.29) is 11.6 Å². The molecule has 200 valence electrons. The summed E-state index contributed by atoms with van der Waals surface area (Å²) in [4.78, 5) is 24.1. The fourth-order valence-electron chi connectivity index (χ4n) is 4.77. The Labute approximate surface area is 224 Å². The molecule has 1 aromatic carbocycles. The molecule has 0 spiro atoms. The van der Waals surface area contributed by atoms with Crippen molar-refractivity contribution >= 4 is 34.5 Å². The third-order valence-electron chi connectivity index (χ3n) is 6.57. The summed E-state index contributed by atoms with van der Waals surface area (Å²) >= 11 is 6.47. The zero-order chi connectivity index (χ0) is 26.3. The summed E-state index contributed by atoms with van der Waals surface area (Å²) in [5, 5.41) is 11.7. The van der Waals surface area contributed by atoms with E-state index in [1.165, 1.54) is 0 Å². The van der Waals surface area contributed by atoms with Crippen LogP contribution < -0.4 is 16.0 Å². The Hall–Kier alpha value is -2.84. The van der Waals surface area contributed by atoms with Crippen LogP contribution in [0.15, 0.2) is 36.7 Å². The fourth-order valence-corrected chi connectivity index (χ4v) is 4.96. The Bertz CT molecular complexity index is 1170. The molecule has 8 nitrogen and oxygen atoms in total. The number of amides is 1. The van der Waals surface area contributed by atoms with E-state index >= 15 is 0 Å². The van der Waals surface area contributed by atoms with Crippen molar-refractivity contribution in [3.05, 3.63) is 41.7 Å². The molecule has 9 heteroatoms. The maximum absolute atomic E-state index is 11.7. The highest BCUT2D eigenvalue weighted by molar-refractivity contribution is 6.33. The Morgan fingerprint density at radius 2 is 1.92 bits per heavy atom. The predicted octanol–water partition coefficient (Wildman–Crippen LogP) is 6.29. The molecule has 37 heavy (non-hydrogen) atoms. The number of carbonyl (C=O) groups is 1. The number of unbranched alkanes of at least 4 members (excludes halogenated alkanes) is 3. The van der Waals surface area contributed by atoms with Gasteiger partial charge in [0.1, 0.15) is 0 Å². The molecular weight excluding hydrogens is 488 g/mol. The number of hydrogen-bond donors (Lipinski definition) is 4. The first kappa shape index (κ1) is 27.2. The molecule has 0 bridgehead atoms. The maximum atomic E-state index is 11.7. The number of aromatic nitrogens is 3. The standard InChI is InChI=1S/C28H39ClN6O2/c1-28(2,3)35-27(36)37-15-9-5-4-8-14-30-19-12-13-20(16-19)33-26-32-18-23(29)25(34-26)22-17-31-24-11-7-6-10-21(22)24/h6-7,10-11,17-20,30-31H,4-5,8-9,12-16H2,1-3H3,(H,35,36)(H,32,33,34)/t19-,20-/m0/s1. The Kier molecular flexibility index (Phi) is 9.27. The van der Waals surface area contributed by atoms with E-state index in [1.54, 1.807) is 6.20 Å². The van der Waals surface area contributed by atoms with Crippen molar-refractivity contribution < 1.29 is 9.53 Å². The van der Waals surface area contributed by atoms with Crippen molar-refractivity contribution in [1.29, 1.82) is 0 Å². The number of fused-ring (bicyclic) bond motifs is 1. The summed E-state index contributed by atoms with van der Waals surface area (Å²) in [5.41, 5.74) is 2.52. The molecular formula is C28H39ClN6O2. The van der Waals surface area contributed by atoms with Crippen molar-refractivity contribution in [2.45, 2.75) is 83.3 Å². The first-order chi connectivity index (χ1) is 17.8. The zero-order valence-electron chi connectivity index (χ0n) is 22.1. The summed E-state index contributed by atoms with van der Waals surface area (Å²) in [5.74, 6) is 0.619. The molecule has 0 unspecified atom stereocenters. The third-order valence-corrected chi connectivity index (χ3v) is 6.85. The first-order valence-electron chi connectivity index (χ1n) is 13.3. The molecule has 0 radical (unpaired) electrons. The normalized spacial score (nSPS) is 17.7. The van der Waals surface area contributed by atoms with Gasteiger partial charge in [0.2, 0.25) is 5.95 Å². The molecule has 0 aliphatic heterocycles. The van der Waals surface area contributed by atoms with Crippen molar-refractivity contribution in [3.63, 3.8) is 0 Å². The molecule has 2 heterocycles. The molecule has 3 aromatic rings. The topological polar surface area (TPSA) is 104 Å². The van der Waals surface area contributed by atoms with Gasteiger partial charge < -0.3 is 25.7 Å². The van der Waals surface area contributed by atoms with E-state index in [2.05, 4.69) is 32.0 Å². The van der Waals surface area contributed by atoms with Gasteiger partial charge in [0.05, 0.1) is 23.5 Å². The Morgan fingerprint density at radius 3 is 2.76 bits per heavy atom. The second kappa shape index (κ2) is 12.6. The average Bonchev–Trinajstić information content (AvgIpc) is 3.48. The van der Waals surface area contributed by atoms with E-state index in [0.29, 0.717) is 29.7 Å². The molecule has 1 saturated carbocycles. The van der Waals surface area contributed by atoms with Crippen LogP contribution in [0.4, 0.5) is 10.7 Å². The SMILES string of the molecule is CC(C)(C)NC(=O)OCCCCCCN[C@H]1CC[C@H](Nc2ncc(Cl)c(-c3c[nH]c4ccccc34)n2)C1. The van der Waals surface area contributed by atoms with E-state index in [9.17, 15) is 4.79 Å². The van der Waals surface area contributed by atoms with Crippen LogP contribution in [0.5, 0.6) is 0 Å². The number of alkyl carbamates (subject to hydrolysis) is 1. The smallest absolute Gasteiger partial charge is 0.407 e. The van der Waals surface area contributed by atoms with Gasteiger partial charge in [0.15, 0.2) is 0 Å². The van der Waals surface area contributed by atoms with Gasteiger partial charge in [0, 0.05) is 40.3 Å². The Morgan fingerprint density at radius 1 is 1.14 bits per heavy atom. The molecule has 2 atom stereocenters. The predicted molar refractivity (Wildman–Crippen MR) is 150 cm³/mol. The van der Waals surface area contributed by atoms with Gasteiger partial charge in [-0.15, -0.1) is 0 Å². The highest BCUT2D eigenvalue weighted by Crippen LogP contribution is 2.32. The summed E-state index contributed by atoms with van der Waals surface area (Å²) in [6, 6.07) is 8.98. The molecule has 1 aliphatic rings. The number of halogens is 1. The molecule has 4 rings (SSSR count). The van der Waals surface area contributed by atoms with Crippen LogP contribution >= 0.6 is 11.6 Å². The average molecular weight is 527 g/mol. The maximum Gasteiger partial charge on any atom is 0.407 e. The highest BCUT2D eigenvalue weighted by atomic mass is 35.5. The molecule has 0 saturated heterocycles. The number of carbonyl (C=O) groups excluding carboxylic acids is 1. The number of H-pyrrole nitrogens is 1. The summed E-state index contributed by atoms with van der Waals surface area (Å²) in [7, 11) is 0. The van der Waals surface area contributed by atoms with E-state index in [0.717, 1.165) is 73.7 Å². The first-order valence-corrected chi connectivity index (χ1v) is 13.7. The van der Waals surface area contributed by atoms with Gasteiger partial charge in [0.25, 0.3) is 0 Å². The Balaban J connectivity index is 1.15. The number of benzene rings is 1. The molecule has 4 N–H and O–H groups in total. The largest absolute Gasteiger partial charge is 0.450 e. The monoisotopic (exact) mass is 526 g/mol. The lowest BCUT2D eigenvalue weighted by atomic mass is 10.1. The van der Waals surface area contributed by atoms with Crippen molar-refractivity contribution in [3.8, 4) is 11.3 Å². The third kappa shape index (κ3) is 8.07. The second-order valence-corrected chi connectivity index (χ2v) is 11.3. The van der Waals surface area contributed by atoms with Crippen LogP contribution in [-0.4, -0.2) is 51.8 Å². The van der Waals surface area contributed by atoms with E-state index in [1.807, 2.05) is 45.2 Å². The molecule has 2 aromatic heterocycles. The van der Waals surface area contributed by atoms with Crippen LogP contribution in [0.1, 0.15) is 65.7 Å². The zero-order valence-corrected chi connectivity index (χ0v) is 22.8. The summed E-state index contributed by atoms with van der Waals surface area (Å²) in [6.45, 7) is 7.30. The van der Waals surface area contributed by atoms with E-state index < -0.39 is 0 Å². The van der Waals surface area contributed by atoms with Gasteiger partial charge in [-0.3, -0.25) is 0 Å². The number of nitrogens with one attached hydrogen (secondary N) is 4. The number of ether oxygens (including phenoxy) is 1. The minimum Gasteiger partial charge on any atom is -0.450 e. The van der Waals surface area contributed by atoms with Crippen molar-refractivity contribution in [2.24, 2.45) is 0 Å². The highest BCUT2D eigenvalue weighted by Gasteiger charge is 2.25. The number of rotatable bonds is 11. The summed E-state index contributed by atoms with van der Waals surface area (Å²) in [6.07, 6.45) is 10.8. The number of anilines is 1. The fraction of sp³-hybridized carbons (Fsp3) is 0.536. The van der Waals surface area contributed by atoms with Gasteiger partial charge >= 0.3 is 6.09 Å². The molecule has 1 amide bonds. The summed E-state index contributed by atoms with van der Waals surface area (Å²) < 4.78 is 5.23. The molecule has 1 aliphatic carbocycles. The lowest BCUT2D eigenvalue weighted by Crippen LogP contribution is -2.41. The van der Waals surface area contributed by atoms with Crippen LogP contribution in [0.25, 0.3) is 22.2 Å². The lowest BCUT2D eigenvalue weighted by molar-refractivity contribution is 0.135. The van der Waals surface area contributed by atoms with Crippen LogP contribution in [0, 0.1) is 0 Å². The van der Waals surface area contributed by atoms with Crippen LogP contribution in [-0.2, 0) is 4.74 Å². The number of hydrogen-bond acceptors (Lipinski definition) is 6. The van der Waals surface area contributed by atoms with Gasteiger partial charge in [-0.05, 0) is 65.5 Å². The van der Waals surface area contributed by atoms with Crippen molar-refractivity contribution in [1.82, 2.24) is 25.6 Å². The number of nitrogens with zero attached hydrogens (tertiary/aromatic N) is 2. The van der Waals surface area contributed by atoms with Crippen LogP contribution in [0.3, 0.4) is 0 Å². The molecule has 1 fully saturated rings. The van der Waals surface area contributed by atoms with E-state index in [4.69, 9.17) is 21.3 Å². The lowest BCUT2D eigenvalue weighted by Gasteiger charge is -2.19. The number of para-hydroxylation sites is 1. The quantitative estimate of drug-likeness (QED) is 0.219. The van der Waals surface area contributed by atoms with Gasteiger partial charge in [-0.2, -0.15) is 0 Å². The van der Waals surface area contributed by atoms with Gasteiger partial charge in [-0.25, -0.2) is 14.8 Å². The minimum atomic E-state index is -0.336. The minimum absolute atomic E-state index is 0.264. The van der Waals surface area contributed by atoms with Crippen LogP contribution in [0.2, 0.25) is 5.02 Å². The number of aromatic amines is 1. The van der Waals surface area contributed by atoms with Gasteiger partial charge in [-0.1, -0.05) is 42.6 Å². The second-order valence-electron chi connectivity index (χ2n) is 10.9. The van der Waals surface area contributed by atoms with Crippen molar-refractivity contribution in [2.75, 3.05) is 18.5 Å².